The molecule has 2 aliphatic rings. The summed E-state index contributed by atoms with van der Waals surface area (Å²) >= 11 is 0. The van der Waals surface area contributed by atoms with Crippen LogP contribution in [0.1, 0.15) is 39.0 Å². The van der Waals surface area contributed by atoms with E-state index in [2.05, 4.69) is 18.2 Å². The Morgan fingerprint density at radius 1 is 1.47 bits per heavy atom. The van der Waals surface area contributed by atoms with Crippen LogP contribution >= 0.6 is 0 Å². The Kier molecular flexibility index (Phi) is 3.10. The van der Waals surface area contributed by atoms with Crippen molar-refractivity contribution in [3.8, 4) is 12.3 Å². The lowest BCUT2D eigenvalue weighted by molar-refractivity contribution is -0.132. The van der Waals surface area contributed by atoms with Crippen LogP contribution in [0.15, 0.2) is 0 Å². The van der Waals surface area contributed by atoms with Crippen molar-refractivity contribution in [2.24, 2.45) is 5.92 Å². The lowest BCUT2D eigenvalue weighted by Crippen LogP contribution is -2.49. The predicted molar refractivity (Wildman–Crippen MR) is 64.1 cm³/mol. The molecular formula is C13H18N2O2. The summed E-state index contributed by atoms with van der Waals surface area (Å²) in [7, 11) is 0. The molecule has 1 aliphatic carbocycles. The minimum atomic E-state index is -0.627. The van der Waals surface area contributed by atoms with E-state index in [9.17, 15) is 9.59 Å². The molecule has 1 saturated heterocycles. The Hall–Kier alpha value is -1.50. The maximum absolute atomic E-state index is 12.3. The zero-order chi connectivity index (χ0) is 12.5. The van der Waals surface area contributed by atoms with Crippen LogP contribution in [-0.4, -0.2) is 28.9 Å². The molecule has 17 heavy (non-hydrogen) atoms. The van der Waals surface area contributed by atoms with Crippen LogP contribution in [0.5, 0.6) is 0 Å². The molecule has 1 spiro atoms. The van der Waals surface area contributed by atoms with Crippen molar-refractivity contribution < 1.29 is 9.59 Å². The van der Waals surface area contributed by atoms with Gasteiger partial charge in [-0.2, -0.15) is 0 Å². The predicted octanol–water partition coefficient (Wildman–Crippen LogP) is 1.51. The number of rotatable bonds is 2. The maximum atomic E-state index is 12.3. The maximum Gasteiger partial charge on any atom is 0.325 e. The van der Waals surface area contributed by atoms with Crippen molar-refractivity contribution in [3.63, 3.8) is 0 Å². The molecule has 0 aromatic carbocycles. The lowest BCUT2D eigenvalue weighted by atomic mass is 9.77. The highest BCUT2D eigenvalue weighted by Gasteiger charge is 2.51. The number of nitrogens with one attached hydrogen (secondary N) is 1. The molecule has 0 atom stereocenters. The summed E-state index contributed by atoms with van der Waals surface area (Å²) in [5.41, 5.74) is -0.627. The molecule has 92 valence electrons. The van der Waals surface area contributed by atoms with Gasteiger partial charge in [-0.3, -0.25) is 9.69 Å². The molecule has 0 unspecified atom stereocenters. The van der Waals surface area contributed by atoms with Gasteiger partial charge in [-0.15, -0.1) is 12.3 Å². The number of amides is 3. The molecule has 4 nitrogen and oxygen atoms in total. The Morgan fingerprint density at radius 3 is 2.71 bits per heavy atom. The van der Waals surface area contributed by atoms with Crippen molar-refractivity contribution in [2.75, 3.05) is 6.54 Å². The highest BCUT2D eigenvalue weighted by Crippen LogP contribution is 2.36. The minimum Gasteiger partial charge on any atom is -0.323 e. The molecule has 1 heterocycles. The standard InChI is InChI=1S/C13H18N2O2/c1-3-4-9-15-11(16)13(14-12(15)17)7-5-10(2)6-8-13/h1,10H,4-9H2,2H3,(H,14,17). The Morgan fingerprint density at radius 2 is 2.12 bits per heavy atom. The third kappa shape index (κ3) is 2.02. The molecule has 0 aromatic heterocycles. The van der Waals surface area contributed by atoms with Crippen molar-refractivity contribution in [1.29, 1.82) is 0 Å². The largest absolute Gasteiger partial charge is 0.325 e. The van der Waals surface area contributed by atoms with Crippen molar-refractivity contribution in [3.05, 3.63) is 0 Å². The fraction of sp³-hybridized carbons (Fsp3) is 0.692. The number of terminal acetylenes is 1. The first kappa shape index (κ1) is 12.0. The molecule has 1 saturated carbocycles. The smallest absolute Gasteiger partial charge is 0.323 e. The summed E-state index contributed by atoms with van der Waals surface area (Å²) in [4.78, 5) is 25.3. The molecule has 1 aliphatic heterocycles. The van der Waals surface area contributed by atoms with E-state index in [1.54, 1.807) is 0 Å². The molecule has 0 radical (unpaired) electrons. The van der Waals surface area contributed by atoms with Gasteiger partial charge < -0.3 is 5.32 Å². The van der Waals surface area contributed by atoms with Gasteiger partial charge >= 0.3 is 6.03 Å². The van der Waals surface area contributed by atoms with Gasteiger partial charge in [-0.1, -0.05) is 6.92 Å². The minimum absolute atomic E-state index is 0.0790. The van der Waals surface area contributed by atoms with E-state index in [0.29, 0.717) is 18.9 Å². The van der Waals surface area contributed by atoms with Gasteiger partial charge in [0.15, 0.2) is 0 Å². The first-order valence-electron chi connectivity index (χ1n) is 6.16. The first-order valence-corrected chi connectivity index (χ1v) is 6.16. The van der Waals surface area contributed by atoms with E-state index in [-0.39, 0.29) is 11.9 Å². The highest BCUT2D eigenvalue weighted by molar-refractivity contribution is 6.07. The van der Waals surface area contributed by atoms with Crippen LogP contribution in [0.25, 0.3) is 0 Å². The highest BCUT2D eigenvalue weighted by atomic mass is 16.2. The normalized spacial score (nSPS) is 32.7. The summed E-state index contributed by atoms with van der Waals surface area (Å²) in [6.45, 7) is 2.52. The van der Waals surface area contributed by atoms with E-state index in [0.717, 1.165) is 25.7 Å². The molecule has 0 aromatic rings. The van der Waals surface area contributed by atoms with E-state index >= 15 is 0 Å². The summed E-state index contributed by atoms with van der Waals surface area (Å²) in [6, 6.07) is -0.278. The number of carbonyl (C=O) groups is 2. The zero-order valence-electron chi connectivity index (χ0n) is 10.2. The molecule has 0 bridgehead atoms. The topological polar surface area (TPSA) is 49.4 Å². The number of imide groups is 1. The molecule has 1 N–H and O–H groups in total. The lowest BCUT2D eigenvalue weighted by Gasteiger charge is -2.33. The summed E-state index contributed by atoms with van der Waals surface area (Å²) < 4.78 is 0. The summed E-state index contributed by atoms with van der Waals surface area (Å²) in [5, 5.41) is 2.87. The van der Waals surface area contributed by atoms with E-state index < -0.39 is 5.54 Å². The molecule has 2 rings (SSSR count). The second-order valence-corrected chi connectivity index (χ2v) is 5.11. The van der Waals surface area contributed by atoms with Gasteiger partial charge in [0.05, 0.1) is 0 Å². The Balaban J connectivity index is 2.10. The van der Waals surface area contributed by atoms with E-state index in [4.69, 9.17) is 6.42 Å². The third-order valence-corrected chi connectivity index (χ3v) is 3.85. The van der Waals surface area contributed by atoms with Crippen LogP contribution in [-0.2, 0) is 4.79 Å². The van der Waals surface area contributed by atoms with Crippen molar-refractivity contribution >= 4 is 11.9 Å². The van der Waals surface area contributed by atoms with Gasteiger partial charge in [-0.05, 0) is 31.6 Å². The average molecular weight is 234 g/mol. The van der Waals surface area contributed by atoms with Gasteiger partial charge in [0, 0.05) is 13.0 Å². The van der Waals surface area contributed by atoms with Crippen LogP contribution in [0, 0.1) is 18.3 Å². The summed E-state index contributed by atoms with van der Waals surface area (Å²) in [6.07, 6.45) is 9.09. The number of hydrogen-bond acceptors (Lipinski definition) is 2. The second kappa shape index (κ2) is 4.40. The zero-order valence-corrected chi connectivity index (χ0v) is 10.2. The van der Waals surface area contributed by atoms with E-state index in [1.807, 2.05) is 0 Å². The number of urea groups is 1. The molecule has 4 heteroatoms. The van der Waals surface area contributed by atoms with Crippen molar-refractivity contribution in [2.45, 2.75) is 44.6 Å². The SMILES string of the molecule is C#CCCN1C(=O)NC2(CCC(C)CC2)C1=O. The fourth-order valence-corrected chi connectivity index (χ4v) is 2.65. The van der Waals surface area contributed by atoms with Gasteiger partial charge in [0.2, 0.25) is 0 Å². The van der Waals surface area contributed by atoms with Gasteiger partial charge in [-0.25, -0.2) is 4.79 Å². The second-order valence-electron chi connectivity index (χ2n) is 5.11. The number of hydrogen-bond donors (Lipinski definition) is 1. The van der Waals surface area contributed by atoms with Crippen LogP contribution in [0.3, 0.4) is 0 Å². The summed E-state index contributed by atoms with van der Waals surface area (Å²) in [5.74, 6) is 3.02. The first-order chi connectivity index (χ1) is 8.09. The van der Waals surface area contributed by atoms with E-state index in [1.165, 1.54) is 4.90 Å². The molecular weight excluding hydrogens is 216 g/mol. The number of nitrogens with zero attached hydrogens (tertiary/aromatic N) is 1. The average Bonchev–Trinajstić information content (AvgIpc) is 2.54. The number of carbonyl (C=O) groups excluding carboxylic acids is 2. The molecule has 3 amide bonds. The van der Waals surface area contributed by atoms with Crippen LogP contribution in [0.2, 0.25) is 0 Å². The van der Waals surface area contributed by atoms with Gasteiger partial charge in [0.25, 0.3) is 5.91 Å². The van der Waals surface area contributed by atoms with Crippen LogP contribution < -0.4 is 5.32 Å². The quantitative estimate of drug-likeness (QED) is 0.581. The Labute approximate surface area is 102 Å². The van der Waals surface area contributed by atoms with Crippen LogP contribution in [0.4, 0.5) is 4.79 Å². The molecule has 2 fully saturated rings. The monoisotopic (exact) mass is 234 g/mol. The van der Waals surface area contributed by atoms with Gasteiger partial charge in [0.1, 0.15) is 5.54 Å². The third-order valence-electron chi connectivity index (χ3n) is 3.85. The fourth-order valence-electron chi connectivity index (χ4n) is 2.65. The Bertz CT molecular complexity index is 375. The van der Waals surface area contributed by atoms with Crippen molar-refractivity contribution in [1.82, 2.24) is 10.2 Å².